The van der Waals surface area contributed by atoms with Crippen molar-refractivity contribution in [1.29, 1.82) is 0 Å². The number of ketones is 1. The van der Waals surface area contributed by atoms with Crippen molar-refractivity contribution < 1.29 is 14.3 Å². The zero-order valence-corrected chi connectivity index (χ0v) is 15.6. The van der Waals surface area contributed by atoms with E-state index in [0.717, 1.165) is 10.9 Å². The van der Waals surface area contributed by atoms with Crippen molar-refractivity contribution in [3.8, 4) is 5.75 Å². The minimum atomic E-state index is -0.594. The number of carbonyl (C=O) groups is 2. The quantitative estimate of drug-likeness (QED) is 0.678. The van der Waals surface area contributed by atoms with Gasteiger partial charge in [-0.25, -0.2) is 0 Å². The van der Waals surface area contributed by atoms with E-state index < -0.39 is 6.04 Å². The average molecular weight is 383 g/mol. The number of amides is 1. The summed E-state index contributed by atoms with van der Waals surface area (Å²) in [5, 5.41) is 4.05. The van der Waals surface area contributed by atoms with E-state index in [9.17, 15) is 9.59 Å². The van der Waals surface area contributed by atoms with E-state index in [1.54, 1.807) is 24.4 Å². The van der Waals surface area contributed by atoms with E-state index in [-0.39, 0.29) is 18.3 Å². The van der Waals surface area contributed by atoms with Gasteiger partial charge >= 0.3 is 0 Å². The number of hydrogen-bond acceptors (Lipinski definition) is 4. The Morgan fingerprint density at radius 3 is 2.63 bits per heavy atom. The molecule has 1 atom stereocenters. The van der Waals surface area contributed by atoms with Crippen LogP contribution >= 0.6 is 11.6 Å². The number of Topliss-reactive ketones (excluding diaryl/α,β-unsaturated/α-hetero) is 1. The van der Waals surface area contributed by atoms with Crippen LogP contribution in [0.5, 0.6) is 5.75 Å². The van der Waals surface area contributed by atoms with Crippen LogP contribution < -0.4 is 10.1 Å². The number of benzene rings is 2. The summed E-state index contributed by atoms with van der Waals surface area (Å²) >= 11 is 6.16. The fourth-order valence-electron chi connectivity index (χ4n) is 2.75. The summed E-state index contributed by atoms with van der Waals surface area (Å²) < 4.78 is 5.62. The molecule has 0 aliphatic carbocycles. The van der Waals surface area contributed by atoms with E-state index in [1.165, 1.54) is 6.92 Å². The van der Waals surface area contributed by atoms with Gasteiger partial charge in [0.2, 0.25) is 0 Å². The molecule has 138 valence electrons. The minimum absolute atomic E-state index is 0.106. The lowest BCUT2D eigenvalue weighted by Gasteiger charge is -2.16. The minimum Gasteiger partial charge on any atom is -0.481 e. The van der Waals surface area contributed by atoms with Crippen LogP contribution in [-0.2, 0) is 16.0 Å². The molecule has 2 aromatic carbocycles. The number of carbonyl (C=O) groups excluding carboxylic acids is 2. The van der Waals surface area contributed by atoms with Crippen molar-refractivity contribution in [2.45, 2.75) is 19.4 Å². The number of ether oxygens (including phenoxy) is 1. The Morgan fingerprint density at radius 1 is 1.11 bits per heavy atom. The van der Waals surface area contributed by atoms with Gasteiger partial charge in [0, 0.05) is 11.6 Å². The van der Waals surface area contributed by atoms with Crippen molar-refractivity contribution in [3.05, 3.63) is 71.4 Å². The highest BCUT2D eigenvalue weighted by Gasteiger charge is 2.18. The lowest BCUT2D eigenvalue weighted by atomic mass is 10.0. The molecule has 0 saturated carbocycles. The summed E-state index contributed by atoms with van der Waals surface area (Å²) in [6, 6.07) is 16.0. The standard InChI is InChI=1S/C21H19ClN2O3/c1-14(25)18(12-15-6-3-2-4-7-15)24-20(26)13-27-19-10-9-17(22)16-8-5-11-23-21(16)19/h2-11,18H,12-13H2,1H3,(H,24,26)/t18-/m0/s1. The molecule has 6 heteroatoms. The van der Waals surface area contributed by atoms with E-state index in [0.29, 0.717) is 22.7 Å². The van der Waals surface area contributed by atoms with Gasteiger partial charge < -0.3 is 10.1 Å². The first kappa shape index (κ1) is 18.9. The maximum absolute atomic E-state index is 12.3. The predicted octanol–water partition coefficient (Wildman–Crippen LogP) is 3.58. The fourth-order valence-corrected chi connectivity index (χ4v) is 2.97. The van der Waals surface area contributed by atoms with Gasteiger partial charge in [0.05, 0.1) is 11.1 Å². The topological polar surface area (TPSA) is 68.3 Å². The van der Waals surface area contributed by atoms with E-state index >= 15 is 0 Å². The van der Waals surface area contributed by atoms with Crippen LogP contribution in [0.2, 0.25) is 5.02 Å². The van der Waals surface area contributed by atoms with Crippen molar-refractivity contribution in [1.82, 2.24) is 10.3 Å². The Morgan fingerprint density at radius 2 is 1.89 bits per heavy atom. The first-order valence-corrected chi connectivity index (χ1v) is 8.92. The van der Waals surface area contributed by atoms with Gasteiger partial charge in [-0.3, -0.25) is 14.6 Å². The number of nitrogens with one attached hydrogen (secondary N) is 1. The van der Waals surface area contributed by atoms with Crippen molar-refractivity contribution >= 4 is 34.2 Å². The molecule has 0 saturated heterocycles. The Labute approximate surface area is 162 Å². The van der Waals surface area contributed by atoms with Gasteiger partial charge in [-0.15, -0.1) is 0 Å². The van der Waals surface area contributed by atoms with Crippen LogP contribution in [0.4, 0.5) is 0 Å². The molecule has 0 unspecified atom stereocenters. The van der Waals surface area contributed by atoms with Crippen molar-refractivity contribution in [3.63, 3.8) is 0 Å². The number of halogens is 1. The lowest BCUT2D eigenvalue weighted by Crippen LogP contribution is -2.43. The average Bonchev–Trinajstić information content (AvgIpc) is 2.68. The highest BCUT2D eigenvalue weighted by Crippen LogP contribution is 2.29. The van der Waals surface area contributed by atoms with Crippen molar-refractivity contribution in [2.75, 3.05) is 6.61 Å². The molecule has 3 aromatic rings. The molecule has 0 aliphatic heterocycles. The van der Waals surface area contributed by atoms with E-state index in [1.807, 2.05) is 36.4 Å². The fraction of sp³-hybridized carbons (Fsp3) is 0.190. The summed E-state index contributed by atoms with van der Waals surface area (Å²) in [6.07, 6.45) is 2.07. The summed E-state index contributed by atoms with van der Waals surface area (Å²) in [4.78, 5) is 28.4. The lowest BCUT2D eigenvalue weighted by molar-refractivity contribution is -0.128. The third kappa shape index (κ3) is 4.83. The van der Waals surface area contributed by atoms with Crippen LogP contribution in [0.1, 0.15) is 12.5 Å². The molecule has 0 aliphatic rings. The normalized spacial score (nSPS) is 11.8. The van der Waals surface area contributed by atoms with Gasteiger partial charge in [0.1, 0.15) is 11.3 Å². The summed E-state index contributed by atoms with van der Waals surface area (Å²) in [5.41, 5.74) is 1.57. The molecule has 0 radical (unpaired) electrons. The second kappa shape index (κ2) is 8.64. The van der Waals surface area contributed by atoms with Gasteiger partial charge in [-0.1, -0.05) is 41.9 Å². The summed E-state index contributed by atoms with van der Waals surface area (Å²) in [7, 11) is 0. The van der Waals surface area contributed by atoms with Gasteiger partial charge in [-0.05, 0) is 43.2 Å². The second-order valence-electron chi connectivity index (χ2n) is 6.15. The molecule has 0 fully saturated rings. The molecule has 0 bridgehead atoms. The number of rotatable bonds is 7. The van der Waals surface area contributed by atoms with Crippen LogP contribution in [0, 0.1) is 0 Å². The van der Waals surface area contributed by atoms with Crippen LogP contribution in [0.15, 0.2) is 60.8 Å². The monoisotopic (exact) mass is 382 g/mol. The zero-order chi connectivity index (χ0) is 19.2. The largest absolute Gasteiger partial charge is 0.481 e. The maximum atomic E-state index is 12.3. The zero-order valence-electron chi connectivity index (χ0n) is 14.8. The Balaban J connectivity index is 1.65. The number of fused-ring (bicyclic) bond motifs is 1. The molecule has 27 heavy (non-hydrogen) atoms. The van der Waals surface area contributed by atoms with E-state index in [2.05, 4.69) is 10.3 Å². The molecule has 3 rings (SSSR count). The van der Waals surface area contributed by atoms with Gasteiger partial charge in [-0.2, -0.15) is 0 Å². The number of aromatic nitrogens is 1. The number of hydrogen-bond donors (Lipinski definition) is 1. The van der Waals surface area contributed by atoms with Crippen LogP contribution in [0.3, 0.4) is 0 Å². The summed E-state index contributed by atoms with van der Waals surface area (Å²) in [6.45, 7) is 1.25. The van der Waals surface area contributed by atoms with Crippen molar-refractivity contribution in [2.24, 2.45) is 0 Å². The van der Waals surface area contributed by atoms with Gasteiger partial charge in [0.25, 0.3) is 5.91 Å². The maximum Gasteiger partial charge on any atom is 0.258 e. The SMILES string of the molecule is CC(=O)[C@H](Cc1ccccc1)NC(=O)COc1ccc(Cl)c2cccnc12. The Kier molecular flexibility index (Phi) is 6.04. The van der Waals surface area contributed by atoms with E-state index in [4.69, 9.17) is 16.3 Å². The first-order chi connectivity index (χ1) is 13.0. The molecule has 1 N–H and O–H groups in total. The molecular formula is C21H19ClN2O3. The third-order valence-corrected chi connectivity index (χ3v) is 4.48. The third-order valence-electron chi connectivity index (χ3n) is 4.15. The van der Waals surface area contributed by atoms with Crippen LogP contribution in [-0.4, -0.2) is 29.3 Å². The highest BCUT2D eigenvalue weighted by molar-refractivity contribution is 6.35. The highest BCUT2D eigenvalue weighted by atomic mass is 35.5. The molecule has 1 heterocycles. The Bertz CT molecular complexity index is 960. The molecule has 1 aromatic heterocycles. The molecular weight excluding hydrogens is 364 g/mol. The smallest absolute Gasteiger partial charge is 0.258 e. The molecule has 1 amide bonds. The van der Waals surface area contributed by atoms with Gasteiger partial charge in [0.15, 0.2) is 12.4 Å². The second-order valence-corrected chi connectivity index (χ2v) is 6.56. The number of nitrogens with zero attached hydrogens (tertiary/aromatic N) is 1. The number of pyridine rings is 1. The molecule has 0 spiro atoms. The molecule has 5 nitrogen and oxygen atoms in total. The summed E-state index contributed by atoms with van der Waals surface area (Å²) in [5.74, 6) is -0.0106. The predicted molar refractivity (Wildman–Crippen MR) is 105 cm³/mol. The Hall–Kier alpha value is -2.92. The van der Waals surface area contributed by atoms with Crippen LogP contribution in [0.25, 0.3) is 10.9 Å². The first-order valence-electron chi connectivity index (χ1n) is 8.54.